The minimum atomic E-state index is -2.08. The Balaban J connectivity index is 1.10. The Bertz CT molecular complexity index is 2450. The lowest BCUT2D eigenvalue weighted by Crippen LogP contribution is -2.70. The summed E-state index contributed by atoms with van der Waals surface area (Å²) in [6, 6.07) is -0.334. The molecule has 26 atom stereocenters. The maximum absolute atomic E-state index is 17.8. The minimum absolute atomic E-state index is 0.0914. The summed E-state index contributed by atoms with van der Waals surface area (Å²) >= 11 is 0. The number of hydrogen-bond acceptors (Lipinski definition) is 19. The molecule has 20 nitrogen and oxygen atoms in total. The summed E-state index contributed by atoms with van der Waals surface area (Å²) in [5.41, 5.74) is -9.61. The van der Waals surface area contributed by atoms with Gasteiger partial charge in [-0.15, -0.1) is 0 Å². The first kappa shape index (κ1) is 69.4. The van der Waals surface area contributed by atoms with Crippen molar-refractivity contribution < 1.29 is 87.4 Å². The molecule has 0 spiro atoms. The quantitative estimate of drug-likeness (QED) is 0.0540. The molecule has 21 heteroatoms. The maximum Gasteiger partial charge on any atom is 0.311 e. The third-order valence-corrected chi connectivity index (χ3v) is 22.2. The highest BCUT2D eigenvalue weighted by molar-refractivity contribution is 6.01. The van der Waals surface area contributed by atoms with Gasteiger partial charge in [0.05, 0.1) is 59.5 Å². The Morgan fingerprint density at radius 2 is 1.52 bits per heavy atom. The van der Waals surface area contributed by atoms with Gasteiger partial charge in [-0.2, -0.15) is 0 Å². The number of hydrogen-bond donors (Lipinski definition) is 7. The van der Waals surface area contributed by atoms with Gasteiger partial charge in [-0.05, 0) is 151 Å². The second-order valence-corrected chi connectivity index (χ2v) is 28.1. The van der Waals surface area contributed by atoms with Crippen molar-refractivity contribution in [2.75, 3.05) is 41.5 Å². The molecule has 3 heterocycles. The summed E-state index contributed by atoms with van der Waals surface area (Å²) in [7, 11) is 6.81. The molecule has 0 aromatic heterocycles. The van der Waals surface area contributed by atoms with E-state index in [1.165, 1.54) is 26.2 Å². The number of fused-ring (bicyclic) bond motifs is 5. The van der Waals surface area contributed by atoms with Crippen molar-refractivity contribution in [3.8, 4) is 0 Å². The molecule has 85 heavy (non-hydrogen) atoms. The zero-order chi connectivity index (χ0) is 63.3. The number of oxime groups is 1. The number of likely N-dealkylation sites (N-methyl/N-ethyl adjacent to an activating group) is 1. The lowest BCUT2D eigenvalue weighted by atomic mass is 9.44. The average Bonchev–Trinajstić information content (AvgIpc) is 1.79. The van der Waals surface area contributed by atoms with Gasteiger partial charge in [0.25, 0.3) is 5.91 Å². The number of alkyl halides is 1. The third-order valence-electron chi connectivity index (χ3n) is 22.2. The molecular formula is C64H106FN3O17. The summed E-state index contributed by atoms with van der Waals surface area (Å²) in [4.78, 5) is 49.3. The Morgan fingerprint density at radius 1 is 0.847 bits per heavy atom. The van der Waals surface area contributed by atoms with Crippen molar-refractivity contribution in [1.29, 1.82) is 0 Å². The van der Waals surface area contributed by atoms with Crippen molar-refractivity contribution >= 4 is 23.4 Å². The van der Waals surface area contributed by atoms with Crippen molar-refractivity contribution in [3.63, 3.8) is 0 Å². The first-order valence-corrected chi connectivity index (χ1v) is 31.4. The predicted octanol–water partition coefficient (Wildman–Crippen LogP) is 5.88. The summed E-state index contributed by atoms with van der Waals surface area (Å²) < 4.78 is 63.0. The van der Waals surface area contributed by atoms with Gasteiger partial charge in [0.1, 0.15) is 30.5 Å². The van der Waals surface area contributed by atoms with Gasteiger partial charge in [0.15, 0.2) is 29.6 Å². The van der Waals surface area contributed by atoms with Crippen LogP contribution in [0, 0.1) is 52.3 Å². The lowest BCUT2D eigenvalue weighted by Gasteiger charge is -2.62. The fourth-order valence-corrected chi connectivity index (χ4v) is 16.7. The molecule has 3 aliphatic heterocycles. The van der Waals surface area contributed by atoms with Gasteiger partial charge >= 0.3 is 5.97 Å². The average molecular weight is 1210 g/mol. The molecule has 7 N–H and O–H groups in total. The predicted molar refractivity (Wildman–Crippen MR) is 314 cm³/mol. The number of ketones is 1. The number of ether oxygens (including phenoxy) is 7. The van der Waals surface area contributed by atoms with Crippen LogP contribution in [0.3, 0.4) is 0 Å². The molecule has 1 amide bonds. The van der Waals surface area contributed by atoms with E-state index in [2.05, 4.69) is 5.32 Å². The number of rotatable bonds is 16. The Morgan fingerprint density at radius 3 is 2.15 bits per heavy atom. The van der Waals surface area contributed by atoms with Crippen molar-refractivity contribution in [2.45, 2.75) is 262 Å². The van der Waals surface area contributed by atoms with E-state index in [-0.39, 0.29) is 56.8 Å². The molecule has 0 aromatic rings. The van der Waals surface area contributed by atoms with Gasteiger partial charge in [0, 0.05) is 67.7 Å². The van der Waals surface area contributed by atoms with Gasteiger partial charge < -0.3 is 78.9 Å². The van der Waals surface area contributed by atoms with E-state index in [9.17, 15) is 45.0 Å². The maximum atomic E-state index is 17.8. The van der Waals surface area contributed by atoms with Crippen LogP contribution in [0.2, 0.25) is 0 Å². The summed E-state index contributed by atoms with van der Waals surface area (Å²) in [5.74, 6) is -6.31. The van der Waals surface area contributed by atoms with E-state index in [0.717, 1.165) is 0 Å². The van der Waals surface area contributed by atoms with Crippen molar-refractivity contribution in [3.05, 3.63) is 23.8 Å². The summed E-state index contributed by atoms with van der Waals surface area (Å²) in [5, 5.41) is 79.7. The summed E-state index contributed by atoms with van der Waals surface area (Å²) in [6.07, 6.45) is -3.48. The highest BCUT2D eigenvalue weighted by Gasteiger charge is 2.76. The number of carbonyl (C=O) groups is 3. The number of carbonyl (C=O) groups excluding carboxylic acids is 3. The molecule has 0 bridgehead atoms. The number of cyclic esters (lactones) is 1. The fourth-order valence-electron chi connectivity index (χ4n) is 16.7. The Hall–Kier alpha value is -3.03. The largest absolute Gasteiger partial charge is 0.459 e. The van der Waals surface area contributed by atoms with Crippen LogP contribution in [0.15, 0.2) is 29.0 Å². The highest BCUT2D eigenvalue weighted by atomic mass is 19.1. The number of allylic oxidation sites excluding steroid dienone is 4. The molecule has 486 valence electrons. The van der Waals surface area contributed by atoms with Gasteiger partial charge in [-0.1, -0.05) is 58.3 Å². The normalized spacial score (nSPS) is 48.6. The second-order valence-electron chi connectivity index (χ2n) is 28.1. The number of aliphatic hydroxyl groups excluding tert-OH is 4. The standard InChI is InChI=1S/C64H106FN3O17/c1-18-47-62(13,76)52(72)37(5)49(67-80-27-21-19-20-26-66-57(75)64(77)35(3)28-44-43-23-22-41-30-42(69)24-25-58(41,9)63(43,65)46(70)32-59(44,64)10)34(2)31-61(12,79-17)54(85-56-50(71)45(68(14)15)29-36(4)81-56)38(6)51(39(7)55(74)83-47)84-48-33-60(11,78-16)53(73)40(8)82-48/h24-25,30,34-40,43-48,50-54,56,70-73,76-77H,18-23,26-29,31-33H2,1-17H3,(H,66,75)/t34-,35-,36-,37+,38+,39-,40+,43?,44?,45+,46+,47-,48+,50-,51+,52-,53+,54-,56+,58+,59+,60-,61-,62-,63+,64+/m1/s1. The van der Waals surface area contributed by atoms with Crippen LogP contribution < -0.4 is 5.32 Å². The molecule has 2 unspecified atom stereocenters. The molecule has 4 aliphatic carbocycles. The molecular weight excluding hydrogens is 1100 g/mol. The SMILES string of the molecule is CC[C@H]1OC(=O)[C@H](C)[C@@H](O[C@H]2C[C@@](C)(OC)[C@@H](O)[C@H](C)O2)[C@H](C)[C@@H](O[C@@H]2O[C@H](C)C[C@H](N(C)C)[C@H]2O)[C@](C)(OC)C[C@@H](C)C(=NOCCCCCNC(=O)[C@@]2(O)[C@H](C)CC3C4CCC5=CC(=O)C=C[C@]5(C)[C@@]4(F)[C@@H](O)C[C@@]32C)[C@H](C)[C@@H](O)[C@]1(C)O. The Kier molecular flexibility index (Phi) is 21.6. The van der Waals surface area contributed by atoms with Crippen LogP contribution in [0.5, 0.6) is 0 Å². The number of nitrogens with zero attached hydrogens (tertiary/aromatic N) is 2. The van der Waals surface area contributed by atoms with Gasteiger partial charge in [-0.25, -0.2) is 4.39 Å². The van der Waals surface area contributed by atoms with Crippen LogP contribution in [0.4, 0.5) is 4.39 Å². The molecule has 0 radical (unpaired) electrons. The van der Waals surface area contributed by atoms with Crippen LogP contribution in [0.25, 0.3) is 0 Å². The lowest BCUT2D eigenvalue weighted by molar-refractivity contribution is -0.319. The first-order valence-electron chi connectivity index (χ1n) is 31.4. The topological polar surface area (TPSA) is 274 Å². The molecule has 7 rings (SSSR count). The number of amides is 1. The van der Waals surface area contributed by atoms with Gasteiger partial charge in [-0.3, -0.25) is 14.4 Å². The van der Waals surface area contributed by atoms with Gasteiger partial charge in [0.2, 0.25) is 0 Å². The highest BCUT2D eigenvalue weighted by Crippen LogP contribution is 2.70. The number of unbranched alkanes of at least 4 members (excludes halogenated alkanes) is 2. The summed E-state index contributed by atoms with van der Waals surface area (Å²) in [6.45, 7) is 23.3. The van der Waals surface area contributed by atoms with Crippen LogP contribution in [0.1, 0.15) is 161 Å². The molecule has 3 saturated heterocycles. The monoisotopic (exact) mass is 1210 g/mol. The number of aliphatic hydroxyl groups is 6. The molecule has 6 fully saturated rings. The minimum Gasteiger partial charge on any atom is -0.459 e. The van der Waals surface area contributed by atoms with E-state index >= 15 is 4.39 Å². The van der Waals surface area contributed by atoms with Crippen molar-refractivity contribution in [1.82, 2.24) is 10.2 Å². The van der Waals surface area contributed by atoms with Crippen LogP contribution >= 0.6 is 0 Å². The second kappa shape index (κ2) is 26.4. The van der Waals surface area contributed by atoms with E-state index in [0.29, 0.717) is 56.2 Å². The van der Waals surface area contributed by atoms with E-state index < -0.39 is 154 Å². The smallest absolute Gasteiger partial charge is 0.311 e. The Labute approximate surface area is 504 Å². The van der Waals surface area contributed by atoms with E-state index in [1.807, 2.05) is 60.5 Å². The zero-order valence-electron chi connectivity index (χ0n) is 53.8. The zero-order valence-corrected chi connectivity index (χ0v) is 53.8. The number of esters is 1. The molecule has 7 aliphatic rings. The van der Waals surface area contributed by atoms with E-state index in [4.69, 9.17) is 43.2 Å². The van der Waals surface area contributed by atoms with Crippen molar-refractivity contribution in [2.24, 2.45) is 57.4 Å². The number of methoxy groups -OCH3 is 2. The third kappa shape index (κ3) is 12.6. The number of nitrogens with one attached hydrogen (secondary N) is 1. The fraction of sp³-hybridized carbons (Fsp3) is 0.875. The molecule has 0 aromatic carbocycles. The molecule has 3 saturated carbocycles. The van der Waals surface area contributed by atoms with Crippen LogP contribution in [-0.2, 0) is 52.4 Å². The van der Waals surface area contributed by atoms with Crippen LogP contribution in [-0.4, -0.2) is 202 Å². The van der Waals surface area contributed by atoms with E-state index in [1.54, 1.807) is 54.7 Å². The first-order chi connectivity index (χ1) is 39.6. The number of halogens is 1.